The molecule has 0 saturated carbocycles. The summed E-state index contributed by atoms with van der Waals surface area (Å²) in [6.45, 7) is 0.968. The van der Waals surface area contributed by atoms with Crippen molar-refractivity contribution in [3.63, 3.8) is 0 Å². The minimum absolute atomic E-state index is 0.197. The van der Waals surface area contributed by atoms with Crippen LogP contribution in [0.5, 0.6) is 5.75 Å². The first-order valence-corrected chi connectivity index (χ1v) is 9.34. The van der Waals surface area contributed by atoms with Crippen molar-refractivity contribution in [2.45, 2.75) is 6.61 Å². The Morgan fingerprint density at radius 2 is 1.96 bits per heavy atom. The van der Waals surface area contributed by atoms with Gasteiger partial charge in [-0.1, -0.05) is 12.1 Å². The maximum Gasteiger partial charge on any atom is 0.270 e. The second-order valence-corrected chi connectivity index (χ2v) is 6.70. The predicted molar refractivity (Wildman–Crippen MR) is 102 cm³/mol. The van der Waals surface area contributed by atoms with E-state index in [-0.39, 0.29) is 29.6 Å². The van der Waals surface area contributed by atoms with Crippen molar-refractivity contribution in [2.75, 3.05) is 20.3 Å². The molecule has 3 aromatic rings. The summed E-state index contributed by atoms with van der Waals surface area (Å²) in [7, 11) is 1.54. The minimum atomic E-state index is -0.503. The summed E-state index contributed by atoms with van der Waals surface area (Å²) >= 11 is 1.18. The van der Waals surface area contributed by atoms with Crippen molar-refractivity contribution >= 4 is 17.2 Å². The third-order valence-electron chi connectivity index (χ3n) is 3.82. The predicted octanol–water partition coefficient (Wildman–Crippen LogP) is 4.04. The van der Waals surface area contributed by atoms with Crippen LogP contribution in [0.2, 0.25) is 0 Å². The number of halogens is 2. The number of aromatic nitrogens is 1. The highest BCUT2D eigenvalue weighted by molar-refractivity contribution is 7.13. The van der Waals surface area contributed by atoms with E-state index in [2.05, 4.69) is 10.3 Å². The van der Waals surface area contributed by atoms with E-state index < -0.39 is 5.82 Å². The molecule has 0 spiro atoms. The normalized spacial score (nSPS) is 10.7. The standard InChI is InChI=1S/C20H18F2N2O3S/c1-26-9-8-23-19(25)18-12-28-20(24-18)16-7-6-15(10-17(16)22)27-11-13-2-4-14(21)5-3-13/h2-7,10,12H,8-9,11H2,1H3,(H,23,25). The van der Waals surface area contributed by atoms with Gasteiger partial charge in [-0.05, 0) is 29.8 Å². The fourth-order valence-corrected chi connectivity index (χ4v) is 3.19. The van der Waals surface area contributed by atoms with E-state index in [1.165, 1.54) is 29.5 Å². The van der Waals surface area contributed by atoms with Gasteiger partial charge in [0, 0.05) is 30.7 Å². The molecule has 8 heteroatoms. The number of benzene rings is 2. The summed E-state index contributed by atoms with van der Waals surface area (Å²) in [5.41, 5.74) is 1.29. The van der Waals surface area contributed by atoms with E-state index in [1.807, 2.05) is 0 Å². The zero-order valence-corrected chi connectivity index (χ0v) is 15.9. The van der Waals surface area contributed by atoms with Gasteiger partial charge in [0.05, 0.1) is 6.61 Å². The van der Waals surface area contributed by atoms with E-state index in [9.17, 15) is 13.6 Å². The fraction of sp³-hybridized carbons (Fsp3) is 0.200. The third kappa shape index (κ3) is 5.11. The molecule has 146 valence electrons. The maximum absolute atomic E-state index is 14.5. The van der Waals surface area contributed by atoms with Crippen LogP contribution in [0.15, 0.2) is 47.8 Å². The first-order chi connectivity index (χ1) is 13.6. The molecule has 0 aliphatic heterocycles. The minimum Gasteiger partial charge on any atom is -0.489 e. The largest absolute Gasteiger partial charge is 0.489 e. The van der Waals surface area contributed by atoms with Crippen LogP contribution < -0.4 is 10.1 Å². The van der Waals surface area contributed by atoms with Gasteiger partial charge in [0.15, 0.2) is 0 Å². The van der Waals surface area contributed by atoms with Gasteiger partial charge in [-0.25, -0.2) is 13.8 Å². The van der Waals surface area contributed by atoms with E-state index in [4.69, 9.17) is 9.47 Å². The van der Waals surface area contributed by atoms with E-state index in [0.717, 1.165) is 5.56 Å². The number of nitrogens with one attached hydrogen (secondary N) is 1. The lowest BCUT2D eigenvalue weighted by atomic mass is 10.2. The Hall–Kier alpha value is -2.84. The SMILES string of the molecule is COCCNC(=O)c1csc(-c2ccc(OCc3ccc(F)cc3)cc2F)n1. The van der Waals surface area contributed by atoms with Crippen molar-refractivity contribution in [1.82, 2.24) is 10.3 Å². The van der Waals surface area contributed by atoms with Gasteiger partial charge in [0.2, 0.25) is 0 Å². The molecule has 28 heavy (non-hydrogen) atoms. The number of methoxy groups -OCH3 is 1. The van der Waals surface area contributed by atoms with Crippen LogP contribution in [0.25, 0.3) is 10.6 Å². The number of ether oxygens (including phenoxy) is 2. The van der Waals surface area contributed by atoms with Gasteiger partial charge in [-0.3, -0.25) is 4.79 Å². The van der Waals surface area contributed by atoms with Gasteiger partial charge in [-0.2, -0.15) is 0 Å². The molecule has 0 bridgehead atoms. The van der Waals surface area contributed by atoms with Gasteiger partial charge in [0.1, 0.15) is 34.7 Å². The highest BCUT2D eigenvalue weighted by Crippen LogP contribution is 2.29. The van der Waals surface area contributed by atoms with Gasteiger partial charge in [-0.15, -0.1) is 11.3 Å². The van der Waals surface area contributed by atoms with Crippen LogP contribution in [0.1, 0.15) is 16.1 Å². The zero-order chi connectivity index (χ0) is 19.9. The van der Waals surface area contributed by atoms with Gasteiger partial charge >= 0.3 is 0 Å². The Labute approximate surface area is 164 Å². The first-order valence-electron chi connectivity index (χ1n) is 8.46. The van der Waals surface area contributed by atoms with Crippen LogP contribution in [0.3, 0.4) is 0 Å². The Morgan fingerprint density at radius 3 is 2.68 bits per heavy atom. The highest BCUT2D eigenvalue weighted by atomic mass is 32.1. The van der Waals surface area contributed by atoms with Crippen LogP contribution in [0, 0.1) is 11.6 Å². The maximum atomic E-state index is 14.5. The molecule has 3 rings (SSSR count). The quantitative estimate of drug-likeness (QED) is 0.576. The smallest absolute Gasteiger partial charge is 0.270 e. The third-order valence-corrected chi connectivity index (χ3v) is 4.69. The average molecular weight is 404 g/mol. The zero-order valence-electron chi connectivity index (χ0n) is 15.1. The second kappa shape index (κ2) is 9.38. The number of carbonyl (C=O) groups excluding carboxylic acids is 1. The van der Waals surface area contributed by atoms with Crippen molar-refractivity contribution in [3.8, 4) is 16.3 Å². The van der Waals surface area contributed by atoms with E-state index in [1.54, 1.807) is 36.8 Å². The summed E-state index contributed by atoms with van der Waals surface area (Å²) in [5, 5.41) is 4.65. The molecule has 1 aromatic heterocycles. The molecule has 0 unspecified atom stereocenters. The number of nitrogens with zero attached hydrogens (tertiary/aromatic N) is 1. The topological polar surface area (TPSA) is 60.5 Å². The molecule has 0 aliphatic rings. The molecular weight excluding hydrogens is 386 g/mol. The van der Waals surface area contributed by atoms with Crippen LogP contribution >= 0.6 is 11.3 Å². The van der Waals surface area contributed by atoms with Crippen LogP contribution in [-0.2, 0) is 11.3 Å². The van der Waals surface area contributed by atoms with Crippen molar-refractivity contribution in [1.29, 1.82) is 0 Å². The van der Waals surface area contributed by atoms with E-state index in [0.29, 0.717) is 23.9 Å². The number of hydrogen-bond donors (Lipinski definition) is 1. The van der Waals surface area contributed by atoms with E-state index >= 15 is 0 Å². The fourth-order valence-electron chi connectivity index (χ4n) is 2.37. The Balaban J connectivity index is 1.65. The molecule has 0 radical (unpaired) electrons. The average Bonchev–Trinajstić information content (AvgIpc) is 3.18. The Bertz CT molecular complexity index is 945. The summed E-state index contributed by atoms with van der Waals surface area (Å²) in [6, 6.07) is 10.3. The highest BCUT2D eigenvalue weighted by Gasteiger charge is 2.15. The lowest BCUT2D eigenvalue weighted by Gasteiger charge is -2.08. The lowest BCUT2D eigenvalue weighted by molar-refractivity contribution is 0.0933. The number of amides is 1. The molecule has 1 N–H and O–H groups in total. The van der Waals surface area contributed by atoms with Crippen molar-refractivity contribution in [2.24, 2.45) is 0 Å². The molecule has 0 fully saturated rings. The first kappa shape index (κ1) is 19.9. The number of rotatable bonds is 8. The molecule has 5 nitrogen and oxygen atoms in total. The molecule has 0 atom stereocenters. The Morgan fingerprint density at radius 1 is 1.18 bits per heavy atom. The number of thiazole rings is 1. The molecule has 1 amide bonds. The molecule has 1 heterocycles. The number of carbonyl (C=O) groups is 1. The van der Waals surface area contributed by atoms with Crippen molar-refractivity contribution < 1.29 is 23.0 Å². The molecular formula is C20H18F2N2O3S. The Kier molecular flexibility index (Phi) is 6.67. The summed E-state index contributed by atoms with van der Waals surface area (Å²) in [4.78, 5) is 16.2. The van der Waals surface area contributed by atoms with Crippen molar-refractivity contribution in [3.05, 3.63) is 70.7 Å². The van der Waals surface area contributed by atoms with Crippen LogP contribution in [-0.4, -0.2) is 31.2 Å². The second-order valence-electron chi connectivity index (χ2n) is 5.84. The molecule has 2 aromatic carbocycles. The van der Waals surface area contributed by atoms with Gasteiger partial charge in [0.25, 0.3) is 5.91 Å². The monoisotopic (exact) mass is 404 g/mol. The number of hydrogen-bond acceptors (Lipinski definition) is 5. The van der Waals surface area contributed by atoms with Gasteiger partial charge < -0.3 is 14.8 Å². The summed E-state index contributed by atoms with van der Waals surface area (Å²) in [6.07, 6.45) is 0. The summed E-state index contributed by atoms with van der Waals surface area (Å²) in [5.74, 6) is -0.814. The lowest BCUT2D eigenvalue weighted by Crippen LogP contribution is -2.27. The summed E-state index contributed by atoms with van der Waals surface area (Å²) < 4.78 is 37.8. The van der Waals surface area contributed by atoms with Crippen LogP contribution in [0.4, 0.5) is 8.78 Å². The molecule has 0 saturated heterocycles. The molecule has 0 aliphatic carbocycles.